The van der Waals surface area contributed by atoms with Crippen molar-refractivity contribution in [2.75, 3.05) is 0 Å². The molecule has 6 nitrogen and oxygen atoms in total. The maximum Gasteiger partial charge on any atom is 0.137 e. The van der Waals surface area contributed by atoms with Crippen LogP contribution in [0.15, 0.2) is 243 Å². The van der Waals surface area contributed by atoms with E-state index in [1.54, 1.807) is 0 Å². The highest BCUT2D eigenvalue weighted by atomic mass is 15.3. The van der Waals surface area contributed by atoms with Crippen LogP contribution in [0.4, 0.5) is 0 Å². The van der Waals surface area contributed by atoms with Gasteiger partial charge in [-0.15, -0.1) is 0 Å². The zero-order valence-electron chi connectivity index (χ0n) is 35.9. The Hall–Kier alpha value is -8.87. The van der Waals surface area contributed by atoms with Crippen LogP contribution in [0.5, 0.6) is 0 Å². The number of hydrogen-bond acceptors (Lipinski definition) is 3. The van der Waals surface area contributed by atoms with Gasteiger partial charge in [0.2, 0.25) is 0 Å². The van der Waals surface area contributed by atoms with Crippen LogP contribution in [-0.4, -0.2) is 29.6 Å². The number of nitrogens with one attached hydrogen (secondary N) is 1. The molecule has 66 heavy (non-hydrogen) atoms. The zero-order valence-corrected chi connectivity index (χ0v) is 35.9. The van der Waals surface area contributed by atoms with Gasteiger partial charge in [0, 0.05) is 52.5 Å². The highest BCUT2D eigenvalue weighted by Gasteiger charge is 2.23. The normalized spacial score (nSPS) is 14.3. The highest BCUT2D eigenvalue weighted by molar-refractivity contribution is 6.02. The largest absolute Gasteiger partial charge is 0.360 e. The lowest BCUT2D eigenvalue weighted by Crippen LogP contribution is -2.31. The van der Waals surface area contributed by atoms with E-state index in [9.17, 15) is 0 Å². The summed E-state index contributed by atoms with van der Waals surface area (Å²) in [7, 11) is 0. The van der Waals surface area contributed by atoms with Gasteiger partial charge < -0.3 is 23.8 Å². The van der Waals surface area contributed by atoms with Gasteiger partial charge in [-0.2, -0.15) is 0 Å². The van der Waals surface area contributed by atoms with Crippen molar-refractivity contribution in [3.63, 3.8) is 0 Å². The minimum Gasteiger partial charge on any atom is -0.360 e. The molecule has 2 aliphatic heterocycles. The van der Waals surface area contributed by atoms with Crippen molar-refractivity contribution in [2.45, 2.75) is 6.17 Å². The second-order valence-electron chi connectivity index (χ2n) is 17.1. The number of hydrogen-bond donors (Lipinski definition) is 1. The molecular formula is C60H42N6. The maximum absolute atomic E-state index is 4.92. The number of pyridine rings is 1. The van der Waals surface area contributed by atoms with Crippen molar-refractivity contribution in [1.29, 1.82) is 0 Å². The maximum atomic E-state index is 4.92. The molecule has 312 valence electrons. The molecule has 0 spiro atoms. The molecule has 2 aliphatic rings. The van der Waals surface area contributed by atoms with Gasteiger partial charge in [0.15, 0.2) is 0 Å². The van der Waals surface area contributed by atoms with E-state index >= 15 is 0 Å². The molecule has 1 N–H and O–H groups in total. The first-order valence-corrected chi connectivity index (χ1v) is 22.5. The molecule has 0 radical (unpaired) electrons. The number of aromatic nitrogens is 4. The first-order chi connectivity index (χ1) is 32.7. The van der Waals surface area contributed by atoms with Crippen LogP contribution >= 0.6 is 0 Å². The van der Waals surface area contributed by atoms with Gasteiger partial charge in [0.1, 0.15) is 11.8 Å². The van der Waals surface area contributed by atoms with E-state index in [0.29, 0.717) is 0 Å². The van der Waals surface area contributed by atoms with Crippen molar-refractivity contribution in [2.24, 2.45) is 0 Å². The third-order valence-electron chi connectivity index (χ3n) is 13.1. The zero-order chi connectivity index (χ0) is 43.6. The molecule has 0 saturated carbocycles. The Balaban J connectivity index is 0.968. The summed E-state index contributed by atoms with van der Waals surface area (Å²) in [5, 5.41) is 5.99. The topological polar surface area (TPSA) is 42.4 Å². The standard InChI is InChI=1S/C60H42N6/c1-3-11-41(12-4-1)43-17-21-47(22-18-43)55-35-49-37-58-50(38-57(49)65(55)51-29-25-45(26-30-51)53-39-63-33-9-7-15-59(63)61-53)36-56(48-23-19-44(20-24-48)42-13-5-2-6-14-42)66(58)52-31-27-46(28-32-52)54-40-64-34-10-8-16-60(64)62-54/h1-40,59,61H. The van der Waals surface area contributed by atoms with Gasteiger partial charge in [0.25, 0.3) is 0 Å². The molecule has 6 heteroatoms. The lowest BCUT2D eigenvalue weighted by atomic mass is 10.0. The number of allylic oxidation sites excluding steroid dienone is 2. The fourth-order valence-corrected chi connectivity index (χ4v) is 9.73. The average molecular weight is 847 g/mol. The lowest BCUT2D eigenvalue weighted by molar-refractivity contribution is 0.427. The predicted molar refractivity (Wildman–Crippen MR) is 271 cm³/mol. The van der Waals surface area contributed by atoms with E-state index in [1.165, 1.54) is 22.3 Å². The van der Waals surface area contributed by atoms with Crippen LogP contribution in [0.1, 0.15) is 5.56 Å². The van der Waals surface area contributed by atoms with Crippen molar-refractivity contribution in [1.82, 2.24) is 28.7 Å². The summed E-state index contributed by atoms with van der Waals surface area (Å²) in [6.07, 6.45) is 14.9. The van der Waals surface area contributed by atoms with Crippen molar-refractivity contribution < 1.29 is 0 Å². The van der Waals surface area contributed by atoms with E-state index in [-0.39, 0.29) is 6.17 Å². The molecule has 13 rings (SSSR count). The van der Waals surface area contributed by atoms with Crippen LogP contribution in [0.2, 0.25) is 0 Å². The molecule has 6 heterocycles. The van der Waals surface area contributed by atoms with Gasteiger partial charge in [0.05, 0.1) is 33.8 Å². The van der Waals surface area contributed by atoms with E-state index in [0.717, 1.165) is 83.9 Å². The third kappa shape index (κ3) is 6.54. The first-order valence-electron chi connectivity index (χ1n) is 22.5. The van der Waals surface area contributed by atoms with Crippen molar-refractivity contribution in [3.8, 4) is 67.4 Å². The molecular weight excluding hydrogens is 805 g/mol. The van der Waals surface area contributed by atoms with E-state index in [2.05, 4.69) is 243 Å². The Labute approximate surface area is 382 Å². The quantitative estimate of drug-likeness (QED) is 0.166. The monoisotopic (exact) mass is 846 g/mol. The molecule has 0 saturated heterocycles. The SMILES string of the molecule is C1=CC2NC(c3ccc(-n4c(-c5ccc(-c6ccccc6)cc5)cc5cc6c(cc(-c7ccc(-c8ccccc8)cc7)n6-c6ccc(-c7cn8ccccc8n7)cc6)cc54)cc3)=CN2C=C1. The summed E-state index contributed by atoms with van der Waals surface area (Å²) in [4.78, 5) is 7.13. The van der Waals surface area contributed by atoms with E-state index in [1.807, 2.05) is 24.4 Å². The van der Waals surface area contributed by atoms with Crippen LogP contribution in [0.3, 0.4) is 0 Å². The first kappa shape index (κ1) is 37.7. The van der Waals surface area contributed by atoms with Gasteiger partial charge in [-0.05, 0) is 112 Å². The molecule has 1 unspecified atom stereocenters. The fraction of sp³-hybridized carbons (Fsp3) is 0.0167. The summed E-state index contributed by atoms with van der Waals surface area (Å²) in [5.74, 6) is 0. The van der Waals surface area contributed by atoms with Crippen molar-refractivity contribution in [3.05, 3.63) is 249 Å². The smallest absolute Gasteiger partial charge is 0.137 e. The number of nitrogens with zero attached hydrogens (tertiary/aromatic N) is 5. The van der Waals surface area contributed by atoms with Crippen LogP contribution in [0, 0.1) is 0 Å². The summed E-state index contributed by atoms with van der Waals surface area (Å²) in [5.41, 5.74) is 19.0. The lowest BCUT2D eigenvalue weighted by Gasteiger charge is -2.20. The summed E-state index contributed by atoms with van der Waals surface area (Å²) >= 11 is 0. The molecule has 0 aliphatic carbocycles. The number of rotatable bonds is 8. The summed E-state index contributed by atoms with van der Waals surface area (Å²) < 4.78 is 6.91. The van der Waals surface area contributed by atoms with Gasteiger partial charge in [-0.3, -0.25) is 0 Å². The Bertz CT molecular complexity index is 3650. The Morgan fingerprint density at radius 3 is 1.48 bits per heavy atom. The number of fused-ring (bicyclic) bond motifs is 4. The van der Waals surface area contributed by atoms with Crippen molar-refractivity contribution >= 4 is 33.2 Å². The molecule has 0 fully saturated rings. The molecule has 11 aromatic rings. The third-order valence-corrected chi connectivity index (χ3v) is 13.1. The Morgan fingerprint density at radius 1 is 0.439 bits per heavy atom. The van der Waals surface area contributed by atoms with Gasteiger partial charge >= 0.3 is 0 Å². The number of imidazole rings is 1. The molecule has 1 atom stereocenters. The van der Waals surface area contributed by atoms with Gasteiger partial charge in [-0.25, -0.2) is 4.98 Å². The minimum absolute atomic E-state index is 0.139. The summed E-state index contributed by atoms with van der Waals surface area (Å²) in [6.45, 7) is 0. The molecule has 4 aromatic heterocycles. The van der Waals surface area contributed by atoms with E-state index in [4.69, 9.17) is 4.98 Å². The minimum atomic E-state index is 0.139. The van der Waals surface area contributed by atoms with Crippen LogP contribution in [-0.2, 0) is 0 Å². The predicted octanol–water partition coefficient (Wildman–Crippen LogP) is 14.2. The molecule has 7 aromatic carbocycles. The Morgan fingerprint density at radius 2 is 0.939 bits per heavy atom. The second-order valence-corrected chi connectivity index (χ2v) is 17.1. The second kappa shape index (κ2) is 15.4. The van der Waals surface area contributed by atoms with Gasteiger partial charge in [-0.1, -0.05) is 146 Å². The summed E-state index contributed by atoms with van der Waals surface area (Å²) in [6, 6.07) is 72.5. The van der Waals surface area contributed by atoms with Crippen LogP contribution in [0.25, 0.3) is 101 Å². The number of benzene rings is 7. The average Bonchev–Trinajstić information content (AvgIpc) is 4.19. The Kier molecular flexibility index (Phi) is 8.81. The molecule has 0 bridgehead atoms. The van der Waals surface area contributed by atoms with Crippen LogP contribution < -0.4 is 5.32 Å². The van der Waals surface area contributed by atoms with E-state index < -0.39 is 0 Å². The fourth-order valence-electron chi connectivity index (χ4n) is 9.73. The highest BCUT2D eigenvalue weighted by Crippen LogP contribution is 2.40. The molecule has 0 amide bonds.